The summed E-state index contributed by atoms with van der Waals surface area (Å²) in [7, 11) is 0. The normalized spacial score (nSPS) is 20.0. The second-order valence-corrected chi connectivity index (χ2v) is 11.7. The standard InChI is InChI=1S/C28H26BF12N2O2/c1-13(2)21-11-44-23(42-21)29(24-43-22(12-45-24)14(3)4,19-7-15(25(30,31)32)5-16(8-19)26(33,34)35)20-9-17(27(36,37)38)6-18(10-20)28(39,40)41/h5-10,13-14,21-22H,11-12H2,1-4H3/q-1/t21-,22-/m1/s1. The van der Waals surface area contributed by atoms with Crippen LogP contribution in [-0.2, 0) is 34.2 Å². The molecule has 0 spiro atoms. The van der Waals surface area contributed by atoms with Crippen LogP contribution in [0.2, 0.25) is 0 Å². The van der Waals surface area contributed by atoms with Crippen LogP contribution in [0.15, 0.2) is 46.4 Å². The van der Waals surface area contributed by atoms with Crippen LogP contribution in [0.1, 0.15) is 49.9 Å². The van der Waals surface area contributed by atoms with Gasteiger partial charge in [-0.15, -0.1) is 0 Å². The van der Waals surface area contributed by atoms with Crippen molar-refractivity contribution in [1.29, 1.82) is 0 Å². The Morgan fingerprint density at radius 2 is 0.800 bits per heavy atom. The van der Waals surface area contributed by atoms with Crippen molar-refractivity contribution >= 4 is 28.7 Å². The van der Waals surface area contributed by atoms with Gasteiger partial charge in [0.1, 0.15) is 13.2 Å². The Hall–Kier alpha value is -3.40. The van der Waals surface area contributed by atoms with Gasteiger partial charge in [0.25, 0.3) is 0 Å². The van der Waals surface area contributed by atoms with Gasteiger partial charge in [0.2, 0.25) is 6.15 Å². The fraction of sp³-hybridized carbons (Fsp3) is 0.500. The summed E-state index contributed by atoms with van der Waals surface area (Å²) in [5.41, 5.74) is -9.43. The molecule has 0 N–H and O–H groups in total. The molecule has 0 saturated carbocycles. The molecule has 4 rings (SSSR count). The summed E-state index contributed by atoms with van der Waals surface area (Å²) >= 11 is 0. The van der Waals surface area contributed by atoms with Gasteiger partial charge >= 0.3 is 24.7 Å². The molecule has 2 aromatic carbocycles. The summed E-state index contributed by atoms with van der Waals surface area (Å²) in [5.74, 6) is -2.11. The molecule has 0 bridgehead atoms. The molecule has 4 nitrogen and oxygen atoms in total. The fourth-order valence-electron chi connectivity index (χ4n) is 5.30. The number of nitrogens with zero attached hydrogens (tertiary/aromatic N) is 2. The van der Waals surface area contributed by atoms with E-state index in [2.05, 4.69) is 9.98 Å². The van der Waals surface area contributed by atoms with Crippen LogP contribution < -0.4 is 10.9 Å². The van der Waals surface area contributed by atoms with Crippen LogP contribution in [0.3, 0.4) is 0 Å². The molecule has 2 aliphatic heterocycles. The van der Waals surface area contributed by atoms with Crippen molar-refractivity contribution in [2.75, 3.05) is 13.2 Å². The molecule has 2 aromatic rings. The Kier molecular flexibility index (Phi) is 8.77. The number of rotatable bonds is 6. The molecule has 45 heavy (non-hydrogen) atoms. The van der Waals surface area contributed by atoms with Gasteiger partial charge in [-0.05, 0) is 24.0 Å². The largest absolute Gasteiger partial charge is 0.518 e. The van der Waals surface area contributed by atoms with Crippen LogP contribution in [0.25, 0.3) is 0 Å². The fourth-order valence-corrected chi connectivity index (χ4v) is 5.30. The monoisotopic (exact) mass is 661 g/mol. The molecule has 0 unspecified atom stereocenters. The summed E-state index contributed by atoms with van der Waals surface area (Å²) in [6.07, 6.45) is -25.6. The topological polar surface area (TPSA) is 43.2 Å². The minimum atomic E-state index is -5.42. The zero-order valence-corrected chi connectivity index (χ0v) is 24.0. The first-order chi connectivity index (χ1) is 20.5. The minimum Gasteiger partial charge on any atom is -0.518 e. The van der Waals surface area contributed by atoms with Crippen molar-refractivity contribution < 1.29 is 62.2 Å². The Bertz CT molecular complexity index is 1310. The smallest absolute Gasteiger partial charge is 0.416 e. The number of hydrogen-bond acceptors (Lipinski definition) is 4. The van der Waals surface area contributed by atoms with Crippen molar-refractivity contribution in [3.8, 4) is 0 Å². The van der Waals surface area contributed by atoms with Gasteiger partial charge in [-0.3, -0.25) is 9.98 Å². The number of benzene rings is 2. The molecular weight excluding hydrogens is 635 g/mol. The third-order valence-electron chi connectivity index (χ3n) is 7.89. The number of halogens is 12. The summed E-state index contributed by atoms with van der Waals surface area (Å²) in [6, 6.07) is -1.11. The molecule has 0 radical (unpaired) electrons. The average Bonchev–Trinajstić information content (AvgIpc) is 3.59. The van der Waals surface area contributed by atoms with Gasteiger partial charge in [-0.2, -0.15) is 63.6 Å². The average molecular weight is 661 g/mol. The molecule has 0 aliphatic carbocycles. The first-order valence-electron chi connectivity index (χ1n) is 13.6. The maximum atomic E-state index is 14.1. The molecule has 0 amide bonds. The van der Waals surface area contributed by atoms with Crippen molar-refractivity contribution in [3.63, 3.8) is 0 Å². The first-order valence-corrected chi connectivity index (χ1v) is 13.6. The van der Waals surface area contributed by atoms with Gasteiger partial charge in [0.15, 0.2) is 0 Å². The SMILES string of the molecule is CC(C)[C@H]1COC([B-](C2=N[C@@H](C(C)C)CO2)(c2cc(C(F)(F)F)cc(C(F)(F)F)c2)c2cc(C(F)(F)F)cc(C(F)(F)F)c2)=N1. The molecule has 2 aliphatic rings. The van der Waals surface area contributed by atoms with Crippen molar-refractivity contribution in [1.82, 2.24) is 0 Å². The van der Waals surface area contributed by atoms with Gasteiger partial charge in [0, 0.05) is 11.6 Å². The third kappa shape index (κ3) is 6.76. The maximum Gasteiger partial charge on any atom is 0.416 e. The summed E-state index contributed by atoms with van der Waals surface area (Å²) in [6.45, 7) is 5.95. The third-order valence-corrected chi connectivity index (χ3v) is 7.89. The van der Waals surface area contributed by atoms with Gasteiger partial charge < -0.3 is 9.47 Å². The van der Waals surface area contributed by atoms with Crippen molar-refractivity contribution in [2.24, 2.45) is 21.8 Å². The van der Waals surface area contributed by atoms with Crippen LogP contribution in [0.4, 0.5) is 52.7 Å². The summed E-state index contributed by atoms with van der Waals surface area (Å²) in [5, 5.41) is 0. The second-order valence-electron chi connectivity index (χ2n) is 11.7. The highest BCUT2D eigenvalue weighted by molar-refractivity contribution is 7.38. The van der Waals surface area contributed by atoms with Crippen LogP contribution >= 0.6 is 0 Å². The van der Waals surface area contributed by atoms with Crippen LogP contribution in [0, 0.1) is 11.8 Å². The van der Waals surface area contributed by atoms with E-state index in [9.17, 15) is 52.7 Å². The number of alkyl halides is 12. The Balaban J connectivity index is 2.28. The predicted molar refractivity (Wildman–Crippen MR) is 142 cm³/mol. The molecule has 0 saturated heterocycles. The Labute approximate surface area is 249 Å². The lowest BCUT2D eigenvalue weighted by Crippen LogP contribution is -2.71. The predicted octanol–water partition coefficient (Wildman–Crippen LogP) is 7.31. The molecule has 0 fully saturated rings. The van der Waals surface area contributed by atoms with Crippen LogP contribution in [0.5, 0.6) is 0 Å². The highest BCUT2D eigenvalue weighted by Gasteiger charge is 2.50. The molecule has 0 aromatic heterocycles. The van der Waals surface area contributed by atoms with E-state index in [0.29, 0.717) is 0 Å². The lowest BCUT2D eigenvalue weighted by molar-refractivity contribution is -0.144. The van der Waals surface area contributed by atoms with Crippen molar-refractivity contribution in [2.45, 2.75) is 64.5 Å². The number of aliphatic imine (C=N–C) groups is 2. The minimum absolute atomic E-state index is 0.208. The van der Waals surface area contributed by atoms with Gasteiger partial charge in [-0.1, -0.05) is 52.0 Å². The highest BCUT2D eigenvalue weighted by Crippen LogP contribution is 2.39. The van der Waals surface area contributed by atoms with E-state index in [-0.39, 0.29) is 61.4 Å². The lowest BCUT2D eigenvalue weighted by atomic mass is 9.17. The summed E-state index contributed by atoms with van der Waals surface area (Å²) < 4.78 is 180. The molecule has 248 valence electrons. The zero-order valence-electron chi connectivity index (χ0n) is 24.0. The van der Waals surface area contributed by atoms with E-state index in [1.165, 1.54) is 0 Å². The molecule has 2 heterocycles. The second kappa shape index (κ2) is 11.4. The maximum absolute atomic E-state index is 14.1. The summed E-state index contributed by atoms with van der Waals surface area (Å²) in [4.78, 5) is 8.66. The molecule has 17 heteroatoms. The van der Waals surface area contributed by atoms with Gasteiger partial charge in [0.05, 0.1) is 34.3 Å². The number of hydrogen-bond donors (Lipinski definition) is 0. The molecule has 2 atom stereocenters. The van der Waals surface area contributed by atoms with Gasteiger partial charge in [-0.25, -0.2) is 0 Å². The quantitative estimate of drug-likeness (QED) is 0.241. The van der Waals surface area contributed by atoms with E-state index in [1.807, 2.05) is 0 Å². The first kappa shape index (κ1) is 34.5. The lowest BCUT2D eigenvalue weighted by Gasteiger charge is -2.41. The van der Waals surface area contributed by atoms with Crippen molar-refractivity contribution in [3.05, 3.63) is 58.7 Å². The zero-order chi connectivity index (χ0) is 33.9. The Morgan fingerprint density at radius 3 is 1.00 bits per heavy atom. The van der Waals surface area contributed by atoms with E-state index >= 15 is 0 Å². The highest BCUT2D eigenvalue weighted by atomic mass is 19.4. The van der Waals surface area contributed by atoms with Crippen LogP contribution in [-0.4, -0.2) is 43.0 Å². The number of ether oxygens (including phenoxy) is 2. The van der Waals surface area contributed by atoms with E-state index in [1.54, 1.807) is 27.7 Å². The van der Waals surface area contributed by atoms with E-state index < -0.39 is 87.7 Å². The Morgan fingerprint density at radius 1 is 0.533 bits per heavy atom. The molecular formula is C28H26BF12N2O2-. The van der Waals surface area contributed by atoms with E-state index in [4.69, 9.17) is 9.47 Å². The van der Waals surface area contributed by atoms with E-state index in [0.717, 1.165) is 0 Å².